The molecule has 0 bridgehead atoms. The summed E-state index contributed by atoms with van der Waals surface area (Å²) in [6.07, 6.45) is 1.60. The van der Waals surface area contributed by atoms with E-state index in [4.69, 9.17) is 14.6 Å². The minimum absolute atomic E-state index is 0.000553. The van der Waals surface area contributed by atoms with Gasteiger partial charge in [-0.15, -0.1) is 6.58 Å². The van der Waals surface area contributed by atoms with E-state index in [1.54, 1.807) is 0 Å². The van der Waals surface area contributed by atoms with Crippen LogP contribution in [0.25, 0.3) is 11.1 Å². The number of ether oxygens (including phenoxy) is 2. The van der Waals surface area contributed by atoms with Crippen molar-refractivity contribution in [1.82, 2.24) is 10.2 Å². The van der Waals surface area contributed by atoms with Crippen molar-refractivity contribution in [3.05, 3.63) is 108 Å². The number of rotatable bonds is 14. The van der Waals surface area contributed by atoms with Gasteiger partial charge in [-0.05, 0) is 47.4 Å². The summed E-state index contributed by atoms with van der Waals surface area (Å²) < 4.78 is 13.1. The Kier molecular flexibility index (Phi) is 11.6. The van der Waals surface area contributed by atoms with Crippen LogP contribution in [-0.4, -0.2) is 53.2 Å². The number of benzene rings is 3. The first-order valence-electron chi connectivity index (χ1n) is 14.7. The highest BCUT2D eigenvalue weighted by Gasteiger charge is 2.38. The van der Waals surface area contributed by atoms with E-state index in [2.05, 4.69) is 30.8 Å². The van der Waals surface area contributed by atoms with Crippen molar-refractivity contribution in [2.45, 2.75) is 57.8 Å². The molecule has 4 atom stereocenters. The second-order valence-corrected chi connectivity index (χ2v) is 11.2. The first-order chi connectivity index (χ1) is 20.8. The van der Waals surface area contributed by atoms with Gasteiger partial charge < -0.3 is 29.9 Å². The molecule has 1 aliphatic rings. The number of aliphatic hydroxyl groups is 1. The predicted octanol–water partition coefficient (Wildman–Crippen LogP) is 5.63. The predicted molar refractivity (Wildman–Crippen MR) is 166 cm³/mol. The number of aliphatic hydroxyl groups excluding tert-OH is 1. The fourth-order valence-electron chi connectivity index (χ4n) is 5.31. The van der Waals surface area contributed by atoms with Crippen molar-refractivity contribution in [1.29, 1.82) is 0 Å². The highest BCUT2D eigenvalue weighted by atomic mass is 16.7. The molecule has 4 rings (SSSR count). The van der Waals surface area contributed by atoms with E-state index in [-0.39, 0.29) is 43.5 Å². The van der Waals surface area contributed by atoms with Gasteiger partial charge in [-0.25, -0.2) is 0 Å². The number of hydrogen-bond acceptors (Lipinski definition) is 6. The molecular weight excluding hydrogens is 544 g/mol. The van der Waals surface area contributed by atoms with Crippen LogP contribution >= 0.6 is 0 Å². The lowest BCUT2D eigenvalue weighted by molar-refractivity contribution is -0.275. The van der Waals surface area contributed by atoms with Gasteiger partial charge in [0.2, 0.25) is 5.91 Å². The second kappa shape index (κ2) is 15.6. The van der Waals surface area contributed by atoms with Crippen molar-refractivity contribution in [2.24, 2.45) is 5.92 Å². The smallest absolute Gasteiger partial charge is 0.303 e. The van der Waals surface area contributed by atoms with E-state index in [1.165, 1.54) is 0 Å². The summed E-state index contributed by atoms with van der Waals surface area (Å²) in [5.74, 6) is -0.954. The fourth-order valence-corrected chi connectivity index (χ4v) is 5.31. The molecule has 0 radical (unpaired) electrons. The van der Waals surface area contributed by atoms with Crippen molar-refractivity contribution >= 4 is 11.9 Å². The summed E-state index contributed by atoms with van der Waals surface area (Å²) in [5.41, 5.74) is 5.85. The lowest BCUT2D eigenvalue weighted by Gasteiger charge is -2.42. The van der Waals surface area contributed by atoms with Crippen molar-refractivity contribution in [3.8, 4) is 11.1 Å². The molecule has 1 aliphatic heterocycles. The van der Waals surface area contributed by atoms with Gasteiger partial charge in [-0.3, -0.25) is 9.59 Å². The Labute approximate surface area is 254 Å². The maximum absolute atomic E-state index is 12.1. The van der Waals surface area contributed by atoms with E-state index >= 15 is 0 Å². The molecule has 3 aromatic rings. The maximum Gasteiger partial charge on any atom is 0.303 e. The molecular formula is C35H42N2O6. The highest BCUT2D eigenvalue weighted by Crippen LogP contribution is 2.42. The zero-order valence-corrected chi connectivity index (χ0v) is 24.9. The number of carboxylic acid groups (broad SMARTS) is 1. The normalized spacial score (nSPS) is 20.1. The third kappa shape index (κ3) is 9.08. The van der Waals surface area contributed by atoms with Crippen LogP contribution < -0.4 is 5.32 Å². The van der Waals surface area contributed by atoms with Crippen molar-refractivity contribution < 1.29 is 29.3 Å². The van der Waals surface area contributed by atoms with E-state index in [0.717, 1.165) is 46.5 Å². The summed E-state index contributed by atoms with van der Waals surface area (Å²) in [6, 6.07) is 24.1. The average molecular weight is 587 g/mol. The number of carbonyl (C=O) groups is 2. The summed E-state index contributed by atoms with van der Waals surface area (Å²) in [5, 5.41) is 21.1. The molecule has 3 N–H and O–H groups in total. The van der Waals surface area contributed by atoms with Gasteiger partial charge in [0, 0.05) is 44.0 Å². The number of hydrogen-bond donors (Lipinski definition) is 3. The minimum Gasteiger partial charge on any atom is -0.481 e. The molecule has 43 heavy (non-hydrogen) atoms. The van der Waals surface area contributed by atoms with Crippen molar-refractivity contribution in [3.63, 3.8) is 0 Å². The van der Waals surface area contributed by atoms with E-state index < -0.39 is 12.3 Å². The molecule has 228 valence electrons. The van der Waals surface area contributed by atoms with E-state index in [0.29, 0.717) is 13.0 Å². The molecule has 1 saturated heterocycles. The Morgan fingerprint density at radius 3 is 2.35 bits per heavy atom. The first kappa shape index (κ1) is 32.1. The van der Waals surface area contributed by atoms with Crippen LogP contribution in [0.3, 0.4) is 0 Å². The second-order valence-electron chi connectivity index (χ2n) is 11.2. The van der Waals surface area contributed by atoms with Crippen LogP contribution in [0, 0.1) is 5.92 Å². The molecule has 0 aliphatic carbocycles. The standard InChI is InChI=1S/C35H42N2O6/c1-4-19-37(3)22-31-24(2)34(28-13-11-25(23-38)12-14-28)43-35(42-31)29-17-15-27(16-18-29)30-8-5-7-26(20-30)21-36-32(39)9-6-10-33(40)41/h4-5,7-8,11-18,20,24,31,34-35,38H,1,6,9-10,19,21-23H2,2-3H3,(H,36,39)(H,40,41). The Balaban J connectivity index is 1.47. The Morgan fingerprint density at radius 2 is 1.67 bits per heavy atom. The fraction of sp³-hybridized carbons (Fsp3) is 0.371. The van der Waals surface area contributed by atoms with Gasteiger partial charge in [-0.2, -0.15) is 0 Å². The van der Waals surface area contributed by atoms with Crippen molar-refractivity contribution in [2.75, 3.05) is 20.1 Å². The van der Waals surface area contributed by atoms with E-state index in [1.807, 2.05) is 78.9 Å². The maximum atomic E-state index is 12.1. The number of carboxylic acids is 1. The zero-order chi connectivity index (χ0) is 30.8. The molecule has 4 unspecified atom stereocenters. The molecule has 1 amide bonds. The van der Waals surface area contributed by atoms with Crippen LogP contribution in [-0.2, 0) is 32.2 Å². The lowest BCUT2D eigenvalue weighted by Crippen LogP contribution is -2.43. The summed E-state index contributed by atoms with van der Waals surface area (Å²) in [7, 11) is 2.06. The third-order valence-electron chi connectivity index (χ3n) is 7.78. The Hall–Kier alpha value is -3.82. The quantitative estimate of drug-likeness (QED) is 0.210. The Bertz CT molecular complexity index is 1360. The monoisotopic (exact) mass is 586 g/mol. The summed E-state index contributed by atoms with van der Waals surface area (Å²) in [4.78, 5) is 24.9. The molecule has 1 fully saturated rings. The van der Waals surface area contributed by atoms with Gasteiger partial charge in [-0.1, -0.05) is 79.7 Å². The van der Waals surface area contributed by atoms with Gasteiger partial charge in [0.05, 0.1) is 18.8 Å². The number of aliphatic carboxylic acids is 1. The summed E-state index contributed by atoms with van der Waals surface area (Å²) in [6.45, 7) is 7.89. The SMILES string of the molecule is C=CCN(C)CC1OC(c2ccc(-c3cccc(CNC(=O)CCCC(=O)O)c3)cc2)OC(c2ccc(CO)cc2)C1C. The van der Waals surface area contributed by atoms with Gasteiger partial charge in [0.15, 0.2) is 6.29 Å². The molecule has 8 heteroatoms. The number of nitrogens with zero attached hydrogens (tertiary/aromatic N) is 1. The third-order valence-corrected chi connectivity index (χ3v) is 7.78. The molecule has 1 heterocycles. The van der Waals surface area contributed by atoms with Gasteiger partial charge in [0.25, 0.3) is 0 Å². The van der Waals surface area contributed by atoms with Crippen LogP contribution in [0.5, 0.6) is 0 Å². The van der Waals surface area contributed by atoms with Crippen LogP contribution in [0.15, 0.2) is 85.5 Å². The molecule has 0 spiro atoms. The number of nitrogens with one attached hydrogen (secondary N) is 1. The van der Waals surface area contributed by atoms with Crippen LogP contribution in [0.4, 0.5) is 0 Å². The number of amides is 1. The minimum atomic E-state index is -0.896. The molecule has 0 aromatic heterocycles. The van der Waals surface area contributed by atoms with Crippen LogP contribution in [0.2, 0.25) is 0 Å². The van der Waals surface area contributed by atoms with Crippen LogP contribution in [0.1, 0.15) is 60.8 Å². The lowest BCUT2D eigenvalue weighted by atomic mass is 9.90. The average Bonchev–Trinajstić information content (AvgIpc) is 3.01. The van der Waals surface area contributed by atoms with Gasteiger partial charge in [0.1, 0.15) is 0 Å². The number of likely N-dealkylation sites (N-methyl/N-ethyl adjacent to an activating group) is 1. The highest BCUT2D eigenvalue weighted by molar-refractivity contribution is 5.76. The summed E-state index contributed by atoms with van der Waals surface area (Å²) >= 11 is 0. The Morgan fingerprint density at radius 1 is 0.953 bits per heavy atom. The molecule has 3 aromatic carbocycles. The molecule has 0 saturated carbocycles. The topological polar surface area (TPSA) is 108 Å². The largest absolute Gasteiger partial charge is 0.481 e. The van der Waals surface area contributed by atoms with E-state index in [9.17, 15) is 14.7 Å². The zero-order valence-electron chi connectivity index (χ0n) is 24.9. The first-order valence-corrected chi connectivity index (χ1v) is 14.7. The number of carbonyl (C=O) groups excluding carboxylic acids is 1. The van der Waals surface area contributed by atoms with Gasteiger partial charge >= 0.3 is 5.97 Å². The molecule has 8 nitrogen and oxygen atoms in total.